The number of carbonyl (C=O) groups excluding carboxylic acids is 1. The Morgan fingerprint density at radius 1 is 1.21 bits per heavy atom. The van der Waals surface area contributed by atoms with Gasteiger partial charge in [0.1, 0.15) is 5.75 Å². The highest BCUT2D eigenvalue weighted by Gasteiger charge is 2.40. The molecule has 2 aliphatic rings. The summed E-state index contributed by atoms with van der Waals surface area (Å²) in [5, 5.41) is 21.5. The lowest BCUT2D eigenvalue weighted by Crippen LogP contribution is -2.45. The van der Waals surface area contributed by atoms with Crippen molar-refractivity contribution in [2.24, 2.45) is 11.8 Å². The molecule has 1 aromatic carbocycles. The van der Waals surface area contributed by atoms with Gasteiger partial charge in [-0.15, -0.1) is 22.6 Å². The maximum absolute atomic E-state index is 12.9. The molecule has 29 heavy (non-hydrogen) atoms. The summed E-state index contributed by atoms with van der Waals surface area (Å²) in [5.41, 5.74) is -0.243. The van der Waals surface area contributed by atoms with Gasteiger partial charge in [0.2, 0.25) is 5.91 Å². The zero-order chi connectivity index (χ0) is 20.1. The van der Waals surface area contributed by atoms with Gasteiger partial charge in [-0.1, -0.05) is 0 Å². The fraction of sp³-hybridized carbons (Fsp3) is 0.421. The number of aryl methyl sites for hydroxylation is 1. The van der Waals surface area contributed by atoms with Gasteiger partial charge in [0.25, 0.3) is 0 Å². The Hall–Kier alpha value is -2.39. The summed E-state index contributed by atoms with van der Waals surface area (Å²) in [5.74, 6) is 0.197. The maximum atomic E-state index is 12.9. The number of aromatic hydroxyl groups is 1. The van der Waals surface area contributed by atoms with Gasteiger partial charge in [0.15, 0.2) is 5.82 Å². The number of nitrogens with zero attached hydrogens (tertiary/aromatic N) is 3. The molecule has 2 atom stereocenters. The molecule has 6 nitrogen and oxygen atoms in total. The predicted molar refractivity (Wildman–Crippen MR) is 103 cm³/mol. The van der Waals surface area contributed by atoms with E-state index in [0.717, 1.165) is 19.0 Å². The molecule has 2 aliphatic heterocycles. The normalized spacial score (nSPS) is 21.7. The van der Waals surface area contributed by atoms with Crippen LogP contribution in [0.15, 0.2) is 24.3 Å². The summed E-state index contributed by atoms with van der Waals surface area (Å²) < 4.78 is 38.7. The smallest absolute Gasteiger partial charge is 0.416 e. The van der Waals surface area contributed by atoms with E-state index in [-0.39, 0.29) is 41.1 Å². The minimum absolute atomic E-state index is 0. The van der Waals surface area contributed by atoms with E-state index in [1.54, 1.807) is 17.0 Å². The third kappa shape index (κ3) is 3.89. The number of benzene rings is 1. The number of carbonyl (C=O) groups is 1. The van der Waals surface area contributed by atoms with Crippen molar-refractivity contribution in [3.05, 3.63) is 35.4 Å². The van der Waals surface area contributed by atoms with Gasteiger partial charge < -0.3 is 10.4 Å². The van der Waals surface area contributed by atoms with E-state index in [1.807, 2.05) is 0 Å². The number of amides is 1. The summed E-state index contributed by atoms with van der Waals surface area (Å²) >= 11 is 0. The lowest BCUT2D eigenvalue weighted by molar-refractivity contribution is -0.137. The van der Waals surface area contributed by atoms with Crippen molar-refractivity contribution in [2.45, 2.75) is 19.5 Å². The standard InChI is InChI=1S/C19H19F3N4O2.ClH/c1-10-6-12(19(20,21)22)7-15(27)17(10)14-2-3-16(25-24-14)26-5-4-11-8-23-9-13(11)18(26)28;/h2-3,6-7,11,13,23,27H,4-5,8-9H2,1H3;1H/t11-,13+;/m0./s1. The number of halogens is 4. The topological polar surface area (TPSA) is 78.4 Å². The highest BCUT2D eigenvalue weighted by atomic mass is 35.5. The molecule has 0 unspecified atom stereocenters. The highest BCUT2D eigenvalue weighted by Crippen LogP contribution is 2.38. The van der Waals surface area contributed by atoms with Crippen molar-refractivity contribution >= 4 is 24.1 Å². The molecule has 0 radical (unpaired) electrons. The largest absolute Gasteiger partial charge is 0.507 e. The van der Waals surface area contributed by atoms with Crippen LogP contribution in [0.1, 0.15) is 17.5 Å². The molecular weight excluding hydrogens is 409 g/mol. The molecule has 4 rings (SSSR count). The van der Waals surface area contributed by atoms with Crippen LogP contribution in [0.5, 0.6) is 5.75 Å². The van der Waals surface area contributed by atoms with Gasteiger partial charge in [-0.05, 0) is 55.6 Å². The zero-order valence-electron chi connectivity index (χ0n) is 15.5. The Bertz CT molecular complexity index is 898. The number of hydrogen-bond donors (Lipinski definition) is 2. The van der Waals surface area contributed by atoms with Crippen molar-refractivity contribution in [1.82, 2.24) is 15.5 Å². The van der Waals surface area contributed by atoms with Crippen molar-refractivity contribution in [2.75, 3.05) is 24.5 Å². The molecule has 3 heterocycles. The van der Waals surface area contributed by atoms with E-state index in [0.29, 0.717) is 30.9 Å². The number of alkyl halides is 3. The molecule has 1 amide bonds. The highest BCUT2D eigenvalue weighted by molar-refractivity contribution is 5.95. The minimum Gasteiger partial charge on any atom is -0.507 e. The van der Waals surface area contributed by atoms with E-state index in [1.165, 1.54) is 6.92 Å². The Morgan fingerprint density at radius 3 is 2.59 bits per heavy atom. The average molecular weight is 429 g/mol. The van der Waals surface area contributed by atoms with Crippen LogP contribution < -0.4 is 10.2 Å². The van der Waals surface area contributed by atoms with Crippen LogP contribution in [-0.2, 0) is 11.0 Å². The van der Waals surface area contributed by atoms with E-state index in [9.17, 15) is 23.1 Å². The molecule has 0 aliphatic carbocycles. The number of nitrogens with one attached hydrogen (secondary N) is 1. The quantitative estimate of drug-likeness (QED) is 0.768. The predicted octanol–water partition coefficient (Wildman–Crippen LogP) is 3.17. The van der Waals surface area contributed by atoms with E-state index < -0.39 is 17.5 Å². The van der Waals surface area contributed by atoms with Crippen LogP contribution in [0, 0.1) is 18.8 Å². The van der Waals surface area contributed by atoms with Crippen LogP contribution in [0.25, 0.3) is 11.3 Å². The first-order chi connectivity index (χ1) is 13.3. The number of phenolic OH excluding ortho intramolecular Hbond substituents is 1. The summed E-state index contributed by atoms with van der Waals surface area (Å²) in [7, 11) is 0. The van der Waals surface area contributed by atoms with Crippen molar-refractivity contribution in [1.29, 1.82) is 0 Å². The molecule has 2 N–H and O–H groups in total. The Balaban J connectivity index is 0.00000240. The third-order valence-corrected chi connectivity index (χ3v) is 5.47. The molecular formula is C19H20ClF3N4O2. The Morgan fingerprint density at radius 2 is 1.97 bits per heavy atom. The number of aromatic nitrogens is 2. The molecule has 0 saturated carbocycles. The van der Waals surface area contributed by atoms with Gasteiger partial charge in [-0.2, -0.15) is 13.2 Å². The molecule has 2 aromatic rings. The second-order valence-corrected chi connectivity index (χ2v) is 7.27. The zero-order valence-corrected chi connectivity index (χ0v) is 16.3. The molecule has 0 bridgehead atoms. The summed E-state index contributed by atoms with van der Waals surface area (Å²) in [6.07, 6.45) is -3.66. The number of fused-ring (bicyclic) bond motifs is 1. The monoisotopic (exact) mass is 428 g/mol. The second kappa shape index (κ2) is 7.79. The fourth-order valence-corrected chi connectivity index (χ4v) is 4.03. The van der Waals surface area contributed by atoms with Gasteiger partial charge in [0, 0.05) is 18.7 Å². The first-order valence-corrected chi connectivity index (χ1v) is 9.02. The molecule has 10 heteroatoms. The van der Waals surface area contributed by atoms with Crippen molar-refractivity contribution in [3.63, 3.8) is 0 Å². The molecule has 156 valence electrons. The number of anilines is 1. The molecule has 2 saturated heterocycles. The van der Waals surface area contributed by atoms with E-state index in [2.05, 4.69) is 15.5 Å². The first-order valence-electron chi connectivity index (χ1n) is 9.02. The van der Waals surface area contributed by atoms with Crippen LogP contribution >= 0.6 is 12.4 Å². The van der Waals surface area contributed by atoms with Gasteiger partial charge in [-0.25, -0.2) is 0 Å². The number of rotatable bonds is 2. The van der Waals surface area contributed by atoms with E-state index in [4.69, 9.17) is 0 Å². The summed E-state index contributed by atoms with van der Waals surface area (Å²) in [6.45, 7) is 3.53. The van der Waals surface area contributed by atoms with Gasteiger partial charge >= 0.3 is 6.18 Å². The average Bonchev–Trinajstić information content (AvgIpc) is 3.11. The Labute approximate surface area is 171 Å². The maximum Gasteiger partial charge on any atom is 0.416 e. The van der Waals surface area contributed by atoms with E-state index >= 15 is 0 Å². The number of phenols is 1. The van der Waals surface area contributed by atoms with Crippen LogP contribution in [0.2, 0.25) is 0 Å². The first kappa shape index (κ1) is 21.3. The van der Waals surface area contributed by atoms with Crippen LogP contribution in [-0.4, -0.2) is 40.8 Å². The number of piperidine rings is 1. The molecule has 2 fully saturated rings. The van der Waals surface area contributed by atoms with Crippen molar-refractivity contribution in [3.8, 4) is 17.0 Å². The van der Waals surface area contributed by atoms with Gasteiger partial charge in [0.05, 0.1) is 17.2 Å². The van der Waals surface area contributed by atoms with Gasteiger partial charge in [-0.3, -0.25) is 9.69 Å². The second-order valence-electron chi connectivity index (χ2n) is 7.27. The SMILES string of the molecule is Cc1cc(C(F)(F)F)cc(O)c1-c1ccc(N2CC[C@H]3CNC[C@H]3C2=O)nn1.Cl. The fourth-order valence-electron chi connectivity index (χ4n) is 4.03. The third-order valence-electron chi connectivity index (χ3n) is 5.47. The summed E-state index contributed by atoms with van der Waals surface area (Å²) in [4.78, 5) is 14.3. The lowest BCUT2D eigenvalue weighted by Gasteiger charge is -2.32. The van der Waals surface area contributed by atoms with Crippen LogP contribution in [0.4, 0.5) is 19.0 Å². The van der Waals surface area contributed by atoms with Crippen molar-refractivity contribution < 1.29 is 23.1 Å². The summed E-state index contributed by atoms with van der Waals surface area (Å²) in [6, 6.07) is 4.81. The lowest BCUT2D eigenvalue weighted by atomic mass is 9.88. The molecule has 1 aromatic heterocycles. The number of hydrogen-bond acceptors (Lipinski definition) is 5. The molecule has 0 spiro atoms. The minimum atomic E-state index is -4.54. The Kier molecular flexibility index (Phi) is 5.73. The van der Waals surface area contributed by atoms with Crippen LogP contribution in [0.3, 0.4) is 0 Å².